The van der Waals surface area contributed by atoms with Crippen LogP contribution < -0.4 is 14.8 Å². The van der Waals surface area contributed by atoms with Gasteiger partial charge < -0.3 is 10.1 Å². The lowest BCUT2D eigenvalue weighted by atomic mass is 10.2. The molecule has 2 aromatic carbocycles. The zero-order chi connectivity index (χ0) is 20.8. The zero-order valence-electron chi connectivity index (χ0n) is 14.3. The Morgan fingerprint density at radius 2 is 1.79 bits per heavy atom. The van der Waals surface area contributed by atoms with Gasteiger partial charge in [-0.1, -0.05) is 29.8 Å². The largest absolute Gasteiger partial charge is 0.573 e. The van der Waals surface area contributed by atoms with Crippen molar-refractivity contribution in [3.63, 3.8) is 0 Å². The van der Waals surface area contributed by atoms with Gasteiger partial charge in [0.1, 0.15) is 5.75 Å². The second-order valence-electron chi connectivity index (χ2n) is 5.57. The highest BCUT2D eigenvalue weighted by molar-refractivity contribution is 7.89. The molecule has 0 fully saturated rings. The minimum absolute atomic E-state index is 0.0124. The number of rotatable bonds is 8. The Morgan fingerprint density at radius 3 is 2.39 bits per heavy atom. The third-order valence-electron chi connectivity index (χ3n) is 3.40. The maximum Gasteiger partial charge on any atom is 0.573 e. The normalized spacial score (nSPS) is 11.9. The number of amides is 1. The fourth-order valence-corrected chi connectivity index (χ4v) is 3.45. The first-order valence-corrected chi connectivity index (χ1v) is 9.78. The molecule has 0 saturated heterocycles. The summed E-state index contributed by atoms with van der Waals surface area (Å²) in [5, 5.41) is 2.81. The van der Waals surface area contributed by atoms with E-state index in [-0.39, 0.29) is 35.2 Å². The van der Waals surface area contributed by atoms with Gasteiger partial charge in [0.2, 0.25) is 15.9 Å². The summed E-state index contributed by atoms with van der Waals surface area (Å²) in [5.74, 6) is -0.789. The van der Waals surface area contributed by atoms with E-state index in [1.807, 2.05) is 0 Å². The number of benzene rings is 2. The number of hydrogen-bond acceptors (Lipinski definition) is 4. The lowest BCUT2D eigenvalue weighted by Crippen LogP contribution is -2.30. The van der Waals surface area contributed by atoms with Crippen molar-refractivity contribution in [1.82, 2.24) is 10.0 Å². The van der Waals surface area contributed by atoms with Gasteiger partial charge >= 0.3 is 6.36 Å². The number of halogens is 4. The van der Waals surface area contributed by atoms with Gasteiger partial charge in [0.05, 0.1) is 4.90 Å². The lowest BCUT2D eigenvalue weighted by molar-refractivity contribution is -0.274. The quantitative estimate of drug-likeness (QED) is 0.665. The third kappa shape index (κ3) is 7.37. The summed E-state index contributed by atoms with van der Waals surface area (Å²) in [5.41, 5.74) is 0.558. The monoisotopic (exact) mass is 436 g/mol. The van der Waals surface area contributed by atoms with Crippen LogP contribution in [-0.4, -0.2) is 27.2 Å². The summed E-state index contributed by atoms with van der Waals surface area (Å²) in [4.78, 5) is 11.8. The molecule has 28 heavy (non-hydrogen) atoms. The maximum absolute atomic E-state index is 12.1. The summed E-state index contributed by atoms with van der Waals surface area (Å²) in [6.07, 6.45) is -4.89. The van der Waals surface area contributed by atoms with E-state index in [2.05, 4.69) is 14.8 Å². The van der Waals surface area contributed by atoms with E-state index in [0.717, 1.165) is 12.1 Å². The van der Waals surface area contributed by atoms with Crippen LogP contribution in [0.25, 0.3) is 0 Å². The van der Waals surface area contributed by atoms with Gasteiger partial charge in [-0.25, -0.2) is 13.1 Å². The minimum Gasteiger partial charge on any atom is -0.406 e. The van der Waals surface area contributed by atoms with Crippen LogP contribution in [0.2, 0.25) is 5.02 Å². The Bertz CT molecular complexity index is 919. The van der Waals surface area contributed by atoms with Crippen molar-refractivity contribution in [3.8, 4) is 5.75 Å². The molecule has 0 radical (unpaired) electrons. The molecule has 0 aromatic heterocycles. The first kappa shape index (κ1) is 22.0. The van der Waals surface area contributed by atoms with Gasteiger partial charge in [-0.15, -0.1) is 13.2 Å². The van der Waals surface area contributed by atoms with Crippen molar-refractivity contribution < 1.29 is 31.1 Å². The van der Waals surface area contributed by atoms with Crippen LogP contribution in [0.4, 0.5) is 13.2 Å². The molecule has 0 spiro atoms. The van der Waals surface area contributed by atoms with Gasteiger partial charge in [-0.2, -0.15) is 0 Å². The molecule has 0 aliphatic rings. The molecule has 1 amide bonds. The number of nitrogens with one attached hydrogen (secondary N) is 2. The molecule has 2 aromatic rings. The van der Waals surface area contributed by atoms with E-state index >= 15 is 0 Å². The highest BCUT2D eigenvalue weighted by Crippen LogP contribution is 2.22. The Labute approximate surface area is 164 Å². The Kier molecular flexibility index (Phi) is 7.28. The van der Waals surface area contributed by atoms with Crippen molar-refractivity contribution >= 4 is 27.5 Å². The minimum atomic E-state index is -4.77. The van der Waals surface area contributed by atoms with Gasteiger partial charge in [0.25, 0.3) is 0 Å². The number of hydrogen-bond donors (Lipinski definition) is 2. The van der Waals surface area contributed by atoms with Crippen LogP contribution in [0, 0.1) is 0 Å². The fourth-order valence-electron chi connectivity index (χ4n) is 2.11. The summed E-state index contributed by atoms with van der Waals surface area (Å²) in [6.45, 7) is -0.0504. The third-order valence-corrected chi connectivity index (χ3v) is 5.09. The Balaban J connectivity index is 1.77. The summed E-state index contributed by atoms with van der Waals surface area (Å²) in [7, 11) is -3.79. The first-order valence-electron chi connectivity index (χ1n) is 7.92. The molecule has 0 aliphatic carbocycles. The van der Waals surface area contributed by atoms with Crippen LogP contribution in [0.5, 0.6) is 5.75 Å². The van der Waals surface area contributed by atoms with Gasteiger partial charge in [0.15, 0.2) is 0 Å². The van der Waals surface area contributed by atoms with Crippen molar-refractivity contribution in [2.45, 2.75) is 24.2 Å². The highest BCUT2D eigenvalue weighted by atomic mass is 35.5. The van der Waals surface area contributed by atoms with Crippen molar-refractivity contribution in [2.24, 2.45) is 0 Å². The van der Waals surface area contributed by atoms with Crippen LogP contribution in [-0.2, 0) is 21.4 Å². The number of carbonyl (C=O) groups is 1. The lowest BCUT2D eigenvalue weighted by Gasteiger charge is -2.10. The first-order chi connectivity index (χ1) is 13.0. The summed E-state index contributed by atoms with van der Waals surface area (Å²) < 4.78 is 66.5. The molecule has 6 nitrogen and oxygen atoms in total. The SMILES string of the molecule is O=C(CCNS(=O)(=O)c1cccc(Cl)c1)NCc1ccc(OC(F)(F)F)cc1. The predicted molar refractivity (Wildman–Crippen MR) is 96.2 cm³/mol. The van der Waals surface area contributed by atoms with E-state index in [0.29, 0.717) is 5.56 Å². The van der Waals surface area contributed by atoms with Crippen molar-refractivity contribution in [1.29, 1.82) is 0 Å². The average molecular weight is 437 g/mol. The van der Waals surface area contributed by atoms with E-state index in [1.54, 1.807) is 0 Å². The number of alkyl halides is 3. The maximum atomic E-state index is 12.1. The van der Waals surface area contributed by atoms with Crippen LogP contribution in [0.15, 0.2) is 53.4 Å². The molecule has 2 N–H and O–H groups in total. The van der Waals surface area contributed by atoms with Crippen LogP contribution >= 0.6 is 11.6 Å². The average Bonchev–Trinajstić information content (AvgIpc) is 2.60. The fraction of sp³-hybridized carbons (Fsp3) is 0.235. The second kappa shape index (κ2) is 9.26. The van der Waals surface area contributed by atoms with Gasteiger partial charge in [-0.05, 0) is 35.9 Å². The smallest absolute Gasteiger partial charge is 0.406 e. The van der Waals surface area contributed by atoms with Gasteiger partial charge in [-0.3, -0.25) is 4.79 Å². The molecule has 0 saturated carbocycles. The van der Waals surface area contributed by atoms with E-state index in [9.17, 15) is 26.4 Å². The Hall–Kier alpha value is -2.30. The summed E-state index contributed by atoms with van der Waals surface area (Å²) in [6, 6.07) is 10.7. The molecule has 0 atom stereocenters. The molecule has 11 heteroatoms. The molecule has 152 valence electrons. The van der Waals surface area contributed by atoms with Crippen LogP contribution in [0.1, 0.15) is 12.0 Å². The van der Waals surface area contributed by atoms with E-state index < -0.39 is 22.3 Å². The van der Waals surface area contributed by atoms with Gasteiger partial charge in [0, 0.05) is 24.5 Å². The van der Waals surface area contributed by atoms with E-state index in [4.69, 9.17) is 11.6 Å². The van der Waals surface area contributed by atoms with Crippen molar-refractivity contribution in [3.05, 3.63) is 59.1 Å². The topological polar surface area (TPSA) is 84.5 Å². The number of carbonyl (C=O) groups excluding carboxylic acids is 1. The molecular formula is C17H16ClF3N2O4S. The zero-order valence-corrected chi connectivity index (χ0v) is 15.9. The molecule has 0 aliphatic heterocycles. The predicted octanol–water partition coefficient (Wildman–Crippen LogP) is 3.22. The molecule has 0 heterocycles. The molecule has 0 unspecified atom stereocenters. The molecular weight excluding hydrogens is 421 g/mol. The van der Waals surface area contributed by atoms with E-state index in [1.165, 1.54) is 36.4 Å². The number of sulfonamides is 1. The molecule has 0 bridgehead atoms. The Morgan fingerprint density at radius 1 is 1.11 bits per heavy atom. The highest BCUT2D eigenvalue weighted by Gasteiger charge is 2.30. The standard InChI is InChI=1S/C17H16ClF3N2O4S/c18-13-2-1-3-15(10-13)28(25,26)23-9-8-16(24)22-11-12-4-6-14(7-5-12)27-17(19,20)21/h1-7,10,23H,8-9,11H2,(H,22,24). The number of ether oxygens (including phenoxy) is 1. The van der Waals surface area contributed by atoms with Crippen molar-refractivity contribution in [2.75, 3.05) is 6.54 Å². The summed E-state index contributed by atoms with van der Waals surface area (Å²) >= 11 is 5.76. The second-order valence-corrected chi connectivity index (χ2v) is 7.78. The molecule has 2 rings (SSSR count). The van der Waals surface area contributed by atoms with Crippen LogP contribution in [0.3, 0.4) is 0 Å².